The van der Waals surface area contributed by atoms with Gasteiger partial charge in [-0.1, -0.05) is 0 Å². The number of imidazole rings is 1. The third-order valence-corrected chi connectivity index (χ3v) is 7.39. The van der Waals surface area contributed by atoms with Crippen LogP contribution in [0.4, 0.5) is 15.8 Å². The van der Waals surface area contributed by atoms with Crippen LogP contribution in [0.5, 0.6) is 11.5 Å². The lowest BCUT2D eigenvalue weighted by molar-refractivity contribution is -0.129. The van der Waals surface area contributed by atoms with E-state index < -0.39 is 17.6 Å². The summed E-state index contributed by atoms with van der Waals surface area (Å²) in [6.07, 6.45) is 8.80. The molecule has 190 valence electrons. The fraction of sp³-hybridized carbons (Fsp3) is 0.148. The number of nitrogens with zero attached hydrogens (tertiary/aromatic N) is 5. The van der Waals surface area contributed by atoms with Crippen LogP contribution in [0.25, 0.3) is 20.8 Å². The van der Waals surface area contributed by atoms with Gasteiger partial charge in [0.2, 0.25) is 11.8 Å². The number of amides is 2. The number of carbonyl (C=O) groups is 2. The fourth-order valence-electron chi connectivity index (χ4n) is 4.36. The van der Waals surface area contributed by atoms with Gasteiger partial charge in [0.15, 0.2) is 11.6 Å². The molecule has 1 N–H and O–H groups in total. The van der Waals surface area contributed by atoms with Crippen LogP contribution in [0.3, 0.4) is 0 Å². The molecule has 9 nitrogen and oxygen atoms in total. The Bertz CT molecular complexity index is 1670. The summed E-state index contributed by atoms with van der Waals surface area (Å²) in [5, 5.41) is 2.66. The number of nitrogens with one attached hydrogen (secondary N) is 1. The van der Waals surface area contributed by atoms with Gasteiger partial charge in [-0.05, 0) is 36.8 Å². The highest BCUT2D eigenvalue weighted by Gasteiger charge is 2.37. The zero-order valence-corrected chi connectivity index (χ0v) is 21.0. The van der Waals surface area contributed by atoms with Crippen LogP contribution in [0, 0.1) is 11.7 Å². The van der Waals surface area contributed by atoms with Crippen LogP contribution in [0.15, 0.2) is 73.6 Å². The Morgan fingerprint density at radius 2 is 2.05 bits per heavy atom. The number of thiophene rings is 1. The van der Waals surface area contributed by atoms with E-state index in [-0.39, 0.29) is 17.3 Å². The first-order valence-corrected chi connectivity index (χ1v) is 12.6. The Morgan fingerprint density at radius 3 is 2.82 bits per heavy atom. The summed E-state index contributed by atoms with van der Waals surface area (Å²) in [7, 11) is 1.90. The summed E-state index contributed by atoms with van der Waals surface area (Å²) < 4.78 is 23.5. The van der Waals surface area contributed by atoms with Gasteiger partial charge in [0, 0.05) is 50.0 Å². The number of halogens is 1. The Morgan fingerprint density at radius 1 is 1.16 bits per heavy atom. The molecule has 4 aromatic heterocycles. The van der Waals surface area contributed by atoms with Crippen molar-refractivity contribution in [2.24, 2.45) is 13.0 Å². The van der Waals surface area contributed by atoms with Crippen molar-refractivity contribution < 1.29 is 18.7 Å². The molecule has 0 bridgehead atoms. The van der Waals surface area contributed by atoms with Gasteiger partial charge in [0.1, 0.15) is 11.7 Å². The third-order valence-electron chi connectivity index (χ3n) is 6.23. The molecule has 1 fully saturated rings. The predicted molar refractivity (Wildman–Crippen MR) is 142 cm³/mol. The van der Waals surface area contributed by atoms with Crippen LogP contribution < -0.4 is 15.0 Å². The van der Waals surface area contributed by atoms with Gasteiger partial charge >= 0.3 is 0 Å². The highest BCUT2D eigenvalue weighted by molar-refractivity contribution is 7.22. The second kappa shape index (κ2) is 9.67. The van der Waals surface area contributed by atoms with E-state index in [1.54, 1.807) is 49.2 Å². The van der Waals surface area contributed by atoms with Crippen molar-refractivity contribution in [1.82, 2.24) is 19.5 Å². The van der Waals surface area contributed by atoms with E-state index in [0.717, 1.165) is 20.8 Å². The molecule has 1 aliphatic heterocycles. The second-order valence-electron chi connectivity index (χ2n) is 8.84. The molecule has 6 rings (SSSR count). The van der Waals surface area contributed by atoms with E-state index in [1.165, 1.54) is 28.4 Å². The van der Waals surface area contributed by atoms with Crippen molar-refractivity contribution in [2.45, 2.75) is 6.42 Å². The van der Waals surface area contributed by atoms with Crippen molar-refractivity contribution in [2.75, 3.05) is 16.8 Å². The average molecular weight is 529 g/mol. The Balaban J connectivity index is 1.17. The molecule has 1 atom stereocenters. The minimum Gasteiger partial charge on any atom is -0.453 e. The lowest BCUT2D eigenvalue weighted by atomic mass is 10.1. The molecule has 38 heavy (non-hydrogen) atoms. The molecular formula is C27H21FN6O3S. The minimum atomic E-state index is -0.855. The van der Waals surface area contributed by atoms with E-state index in [2.05, 4.69) is 20.3 Å². The largest absolute Gasteiger partial charge is 0.453 e. The summed E-state index contributed by atoms with van der Waals surface area (Å²) in [6, 6.07) is 11.3. The van der Waals surface area contributed by atoms with Crippen molar-refractivity contribution in [3.8, 4) is 22.1 Å². The quantitative estimate of drug-likeness (QED) is 0.311. The normalized spacial score (nSPS) is 15.3. The molecule has 1 aromatic carbocycles. The van der Waals surface area contributed by atoms with E-state index >= 15 is 4.39 Å². The molecule has 0 spiro atoms. The lowest BCUT2D eigenvalue weighted by Crippen LogP contribution is -2.33. The molecular weight excluding hydrogens is 507 g/mol. The Kier molecular flexibility index (Phi) is 6.04. The molecule has 0 saturated carbocycles. The molecule has 2 amide bonds. The highest BCUT2D eigenvalue weighted by atomic mass is 32.1. The number of fused-ring (bicyclic) bond motifs is 1. The molecule has 5 heterocycles. The number of benzene rings is 1. The average Bonchev–Trinajstić information content (AvgIpc) is 3.64. The number of anilines is 2. The molecule has 0 radical (unpaired) electrons. The first-order chi connectivity index (χ1) is 18.5. The maximum absolute atomic E-state index is 15.0. The van der Waals surface area contributed by atoms with E-state index in [0.29, 0.717) is 24.4 Å². The number of ether oxygens (including phenoxy) is 1. The first kappa shape index (κ1) is 23.7. The van der Waals surface area contributed by atoms with Gasteiger partial charge in [-0.3, -0.25) is 19.6 Å². The van der Waals surface area contributed by atoms with Crippen LogP contribution in [-0.2, 0) is 16.6 Å². The number of pyridine rings is 2. The number of aromatic nitrogens is 4. The van der Waals surface area contributed by atoms with Gasteiger partial charge in [-0.25, -0.2) is 9.37 Å². The first-order valence-electron chi connectivity index (χ1n) is 11.8. The minimum absolute atomic E-state index is 0.00276. The van der Waals surface area contributed by atoms with Crippen molar-refractivity contribution >= 4 is 44.7 Å². The molecule has 1 unspecified atom stereocenters. The standard InChI is InChI=1S/C27H21FN6O3S/c1-33-14-21(31-15-33)24-12-20-25(38-24)23(6-9-30-20)37-22-5-4-16(11-19(22)28)32-26(35)18-7-10-34(27(18)36)17-3-2-8-29-13-17/h2-6,8-9,11-15,18H,7,10H2,1H3,(H,32,35). The topological polar surface area (TPSA) is 102 Å². The second-order valence-corrected chi connectivity index (χ2v) is 9.89. The summed E-state index contributed by atoms with van der Waals surface area (Å²) >= 11 is 1.46. The Labute approximate surface area is 220 Å². The number of hydrogen-bond donors (Lipinski definition) is 1. The van der Waals surface area contributed by atoms with Crippen molar-refractivity contribution in [3.63, 3.8) is 0 Å². The van der Waals surface area contributed by atoms with E-state index in [9.17, 15) is 9.59 Å². The van der Waals surface area contributed by atoms with Gasteiger partial charge in [0.05, 0.1) is 39.0 Å². The monoisotopic (exact) mass is 528 g/mol. The zero-order valence-electron chi connectivity index (χ0n) is 20.2. The van der Waals surface area contributed by atoms with Gasteiger partial charge < -0.3 is 19.5 Å². The summed E-state index contributed by atoms with van der Waals surface area (Å²) in [6.45, 7) is 0.412. The van der Waals surface area contributed by atoms with Crippen LogP contribution in [-0.4, -0.2) is 37.9 Å². The maximum Gasteiger partial charge on any atom is 0.239 e. The van der Waals surface area contributed by atoms with Crippen molar-refractivity contribution in [3.05, 3.63) is 79.4 Å². The van der Waals surface area contributed by atoms with E-state index in [4.69, 9.17) is 4.74 Å². The number of carbonyl (C=O) groups excluding carboxylic acids is 2. The van der Waals surface area contributed by atoms with Crippen molar-refractivity contribution in [1.29, 1.82) is 0 Å². The summed E-state index contributed by atoms with van der Waals surface area (Å²) in [4.78, 5) is 40.9. The van der Waals surface area contributed by atoms with Gasteiger partial charge in [-0.2, -0.15) is 0 Å². The Hall–Kier alpha value is -4.64. The summed E-state index contributed by atoms with van der Waals surface area (Å²) in [5.41, 5.74) is 2.42. The molecule has 1 aliphatic rings. The fourth-order valence-corrected chi connectivity index (χ4v) is 5.39. The number of hydrogen-bond acceptors (Lipinski definition) is 7. The molecule has 0 aliphatic carbocycles. The number of aryl methyl sites for hydroxylation is 1. The van der Waals surface area contributed by atoms with Gasteiger partial charge in [-0.15, -0.1) is 11.3 Å². The molecule has 5 aromatic rings. The number of rotatable bonds is 6. The molecule has 11 heteroatoms. The maximum atomic E-state index is 15.0. The lowest BCUT2D eigenvalue weighted by Gasteiger charge is -2.16. The summed E-state index contributed by atoms with van der Waals surface area (Å²) in [5.74, 6) is -1.83. The van der Waals surface area contributed by atoms with Gasteiger partial charge in [0.25, 0.3) is 0 Å². The van der Waals surface area contributed by atoms with Crippen LogP contribution in [0.1, 0.15) is 6.42 Å². The zero-order chi connectivity index (χ0) is 26.2. The smallest absolute Gasteiger partial charge is 0.239 e. The van der Waals surface area contributed by atoms with E-state index in [1.807, 2.05) is 23.9 Å². The SMILES string of the molecule is Cn1cnc(-c2cc3nccc(Oc4ccc(NC(=O)C5CCN(c6cccnc6)C5=O)cc4F)c3s2)c1. The van der Waals surface area contributed by atoms with Crippen LogP contribution in [0.2, 0.25) is 0 Å². The predicted octanol–water partition coefficient (Wildman–Crippen LogP) is 5.01. The molecule has 1 saturated heterocycles. The highest BCUT2D eigenvalue weighted by Crippen LogP contribution is 2.39. The third kappa shape index (κ3) is 4.48. The van der Waals surface area contributed by atoms with Crippen LogP contribution >= 0.6 is 11.3 Å².